The number of unbranched alkanes of at least 4 members (excludes halogenated alkanes) is 1. The summed E-state index contributed by atoms with van der Waals surface area (Å²) < 4.78 is 22.1. The molecule has 3 heterocycles. The fourth-order valence-corrected chi connectivity index (χ4v) is 6.94. The lowest BCUT2D eigenvalue weighted by Crippen LogP contribution is -2.48. The molecular weight excluding hydrogens is 614 g/mol. The third-order valence-electron chi connectivity index (χ3n) is 8.17. The molecule has 3 fully saturated rings. The van der Waals surface area contributed by atoms with Crippen LogP contribution in [0.15, 0.2) is 12.2 Å². The lowest BCUT2D eigenvalue weighted by Gasteiger charge is -2.34. The molecule has 2 unspecified atom stereocenters. The van der Waals surface area contributed by atoms with Crippen molar-refractivity contribution in [2.24, 2.45) is 5.92 Å². The van der Waals surface area contributed by atoms with Crippen molar-refractivity contribution in [3.05, 3.63) is 12.2 Å². The zero-order valence-corrected chi connectivity index (χ0v) is 28.5. The third kappa shape index (κ3) is 15.1. The Balaban J connectivity index is 1.01. The van der Waals surface area contributed by atoms with Gasteiger partial charge < -0.3 is 39.8 Å². The maximum Gasteiger partial charge on any atom is 0.315 e. The summed E-state index contributed by atoms with van der Waals surface area (Å²) in [6.45, 7) is 11.5. The van der Waals surface area contributed by atoms with Gasteiger partial charge in [0.2, 0.25) is 11.8 Å². The first-order valence-corrected chi connectivity index (χ1v) is 17.8. The fraction of sp³-hybridized carbons (Fsp3) is 0.812. The van der Waals surface area contributed by atoms with Crippen LogP contribution in [0, 0.1) is 5.92 Å². The molecule has 0 spiro atoms. The molecular formula is C32H55N5O8S. The van der Waals surface area contributed by atoms with E-state index in [9.17, 15) is 19.2 Å². The highest BCUT2D eigenvalue weighted by Gasteiger charge is 2.42. The van der Waals surface area contributed by atoms with E-state index in [1.807, 2.05) is 36.6 Å². The molecule has 46 heavy (non-hydrogen) atoms. The second-order valence-electron chi connectivity index (χ2n) is 12.1. The molecule has 0 aromatic rings. The first-order valence-electron chi connectivity index (χ1n) is 16.8. The minimum absolute atomic E-state index is 0.0187. The average Bonchev–Trinajstić information content (AvgIpc) is 3.60. The number of ketones is 1. The van der Waals surface area contributed by atoms with Crippen molar-refractivity contribution >= 4 is 35.4 Å². The van der Waals surface area contributed by atoms with E-state index in [4.69, 9.17) is 18.9 Å². The zero-order valence-electron chi connectivity index (χ0n) is 27.7. The topological polar surface area (TPSA) is 148 Å². The Hall–Kier alpha value is -2.23. The SMILES string of the molecule is CC(C)C(=O)/C=C/CN1CCN(C(=O)CCOCCOCCOCCOCCNC(=O)CCCC[C@@H]2SCC3NC(=O)NC32)CC1. The van der Waals surface area contributed by atoms with Crippen LogP contribution in [0.1, 0.15) is 46.0 Å². The van der Waals surface area contributed by atoms with Crippen molar-refractivity contribution in [2.45, 2.75) is 63.3 Å². The number of hydrogen-bond acceptors (Lipinski definition) is 10. The molecule has 3 N–H and O–H groups in total. The van der Waals surface area contributed by atoms with Crippen molar-refractivity contribution < 1.29 is 38.1 Å². The van der Waals surface area contributed by atoms with Crippen molar-refractivity contribution in [1.29, 1.82) is 0 Å². The van der Waals surface area contributed by atoms with Gasteiger partial charge in [-0.2, -0.15) is 11.8 Å². The Morgan fingerprint density at radius 3 is 2.22 bits per heavy atom. The van der Waals surface area contributed by atoms with E-state index in [0.29, 0.717) is 90.6 Å². The van der Waals surface area contributed by atoms with Gasteiger partial charge >= 0.3 is 6.03 Å². The molecule has 4 amide bonds. The van der Waals surface area contributed by atoms with Gasteiger partial charge in [0, 0.05) is 62.6 Å². The Kier molecular flexibility index (Phi) is 18.6. The maximum absolute atomic E-state index is 12.4. The number of piperazine rings is 1. The second kappa shape index (κ2) is 22.4. The summed E-state index contributed by atoms with van der Waals surface area (Å²) >= 11 is 1.90. The molecule has 3 aliphatic rings. The molecule has 0 aromatic carbocycles. The summed E-state index contributed by atoms with van der Waals surface area (Å²) in [5, 5.41) is 9.27. The molecule has 262 valence electrons. The monoisotopic (exact) mass is 669 g/mol. The molecule has 13 nitrogen and oxygen atoms in total. The van der Waals surface area contributed by atoms with Crippen LogP contribution < -0.4 is 16.0 Å². The molecule has 0 saturated carbocycles. The number of nitrogens with one attached hydrogen (secondary N) is 3. The predicted molar refractivity (Wildman–Crippen MR) is 177 cm³/mol. The number of fused-ring (bicyclic) bond motifs is 1. The van der Waals surface area contributed by atoms with Gasteiger partial charge in [0.1, 0.15) is 0 Å². The zero-order chi connectivity index (χ0) is 33.0. The van der Waals surface area contributed by atoms with Gasteiger partial charge in [0.25, 0.3) is 0 Å². The predicted octanol–water partition coefficient (Wildman–Crippen LogP) is 1.21. The fourth-order valence-electron chi connectivity index (χ4n) is 5.39. The summed E-state index contributed by atoms with van der Waals surface area (Å²) in [7, 11) is 0. The minimum atomic E-state index is -0.0626. The molecule has 0 aliphatic carbocycles. The number of allylic oxidation sites excluding steroid dienone is 1. The number of rotatable bonds is 24. The molecule has 14 heteroatoms. The highest BCUT2D eigenvalue weighted by atomic mass is 32.2. The van der Waals surface area contributed by atoms with Crippen molar-refractivity contribution in [3.8, 4) is 0 Å². The van der Waals surface area contributed by atoms with Gasteiger partial charge in [-0.05, 0) is 18.9 Å². The number of carbonyl (C=O) groups excluding carboxylic acids is 4. The van der Waals surface area contributed by atoms with E-state index in [0.717, 1.165) is 44.6 Å². The largest absolute Gasteiger partial charge is 0.379 e. The smallest absolute Gasteiger partial charge is 0.315 e. The van der Waals surface area contributed by atoms with Crippen molar-refractivity contribution in [1.82, 2.24) is 25.8 Å². The summed E-state index contributed by atoms with van der Waals surface area (Å²) in [5.74, 6) is 1.26. The normalized spacial score (nSPS) is 21.5. The summed E-state index contributed by atoms with van der Waals surface area (Å²) in [6, 6.07) is 0.401. The van der Waals surface area contributed by atoms with E-state index in [2.05, 4.69) is 20.9 Å². The van der Waals surface area contributed by atoms with Gasteiger partial charge in [-0.3, -0.25) is 19.3 Å². The van der Waals surface area contributed by atoms with Crippen LogP contribution in [-0.4, -0.2) is 149 Å². The van der Waals surface area contributed by atoms with Crippen molar-refractivity contribution in [2.75, 3.05) is 97.9 Å². The second-order valence-corrected chi connectivity index (χ2v) is 13.3. The molecule has 3 atom stereocenters. The van der Waals surface area contributed by atoms with E-state index >= 15 is 0 Å². The third-order valence-corrected chi connectivity index (χ3v) is 9.67. The Bertz CT molecular complexity index is 963. The van der Waals surface area contributed by atoms with Crippen LogP contribution in [-0.2, 0) is 33.3 Å². The molecule has 3 rings (SSSR count). The van der Waals surface area contributed by atoms with Gasteiger partial charge in [-0.25, -0.2) is 4.79 Å². The quantitative estimate of drug-likeness (QED) is 0.0779. The summed E-state index contributed by atoms with van der Waals surface area (Å²) in [5.41, 5.74) is 0. The van der Waals surface area contributed by atoms with Gasteiger partial charge in [-0.1, -0.05) is 26.3 Å². The first kappa shape index (κ1) is 38.2. The van der Waals surface area contributed by atoms with Crippen LogP contribution in [0.2, 0.25) is 0 Å². The van der Waals surface area contributed by atoms with Crippen molar-refractivity contribution in [3.63, 3.8) is 0 Å². The standard InChI is InChI=1S/C32H55N5O8S/c1-25(2)27(38)6-5-11-36-12-14-37(15-13-36)30(40)9-16-42-18-20-44-22-23-45-21-19-43-17-10-33-29(39)8-4-3-7-28-31-26(24-46-28)34-32(41)35-31/h5-6,25-26,28,31H,3-4,7-24H2,1-2H3,(H,33,39)(H2,34,35,41)/b6-5+/t26?,28-,31?/m0/s1. The minimum Gasteiger partial charge on any atom is -0.379 e. The van der Waals surface area contributed by atoms with E-state index < -0.39 is 0 Å². The van der Waals surface area contributed by atoms with Gasteiger partial charge in [-0.15, -0.1) is 0 Å². The van der Waals surface area contributed by atoms with Crippen LogP contribution >= 0.6 is 11.8 Å². The molecule has 3 aliphatic heterocycles. The molecule has 0 bridgehead atoms. The Morgan fingerprint density at radius 2 is 1.54 bits per heavy atom. The maximum atomic E-state index is 12.4. The number of ether oxygens (including phenoxy) is 4. The summed E-state index contributed by atoms with van der Waals surface area (Å²) in [6.07, 6.45) is 7.25. The van der Waals surface area contributed by atoms with Crippen LogP contribution in [0.3, 0.4) is 0 Å². The average molecular weight is 670 g/mol. The first-order chi connectivity index (χ1) is 22.3. The Labute approximate surface area is 278 Å². The van der Waals surface area contributed by atoms with E-state index in [1.165, 1.54) is 0 Å². The van der Waals surface area contributed by atoms with Gasteiger partial charge in [0.05, 0.1) is 71.4 Å². The van der Waals surface area contributed by atoms with Crippen LogP contribution in [0.4, 0.5) is 4.79 Å². The van der Waals surface area contributed by atoms with Gasteiger partial charge in [0.15, 0.2) is 5.78 Å². The molecule has 3 saturated heterocycles. The van der Waals surface area contributed by atoms with E-state index in [-0.39, 0.29) is 41.6 Å². The number of carbonyl (C=O) groups is 4. The van der Waals surface area contributed by atoms with Crippen LogP contribution in [0.5, 0.6) is 0 Å². The number of urea groups is 1. The number of amides is 4. The Morgan fingerprint density at radius 1 is 0.891 bits per heavy atom. The number of nitrogens with zero attached hydrogens (tertiary/aromatic N) is 2. The van der Waals surface area contributed by atoms with Crippen LogP contribution in [0.25, 0.3) is 0 Å². The molecule has 0 aromatic heterocycles. The highest BCUT2D eigenvalue weighted by molar-refractivity contribution is 8.00. The lowest BCUT2D eigenvalue weighted by atomic mass is 10.0. The number of hydrogen-bond donors (Lipinski definition) is 3. The van der Waals surface area contributed by atoms with E-state index in [1.54, 1.807) is 6.08 Å². The highest BCUT2D eigenvalue weighted by Crippen LogP contribution is 2.33. The number of thioether (sulfide) groups is 1. The lowest BCUT2D eigenvalue weighted by molar-refractivity contribution is -0.134. The molecule has 0 radical (unpaired) electrons. The summed E-state index contributed by atoms with van der Waals surface area (Å²) in [4.78, 5) is 51.7.